The van der Waals surface area contributed by atoms with Gasteiger partial charge < -0.3 is 5.11 Å². The van der Waals surface area contributed by atoms with Crippen LogP contribution in [0.3, 0.4) is 0 Å². The van der Waals surface area contributed by atoms with Gasteiger partial charge in [0.05, 0.1) is 34.7 Å². The van der Waals surface area contributed by atoms with Gasteiger partial charge in [0, 0.05) is 6.20 Å². The van der Waals surface area contributed by atoms with Gasteiger partial charge in [-0.1, -0.05) is 19.9 Å². The first-order valence-corrected chi connectivity index (χ1v) is 10.4. The SMILES string of the molecule is CC[C@H]1CC[C@](CC)(c2cc(CO)ccn2)c2nnc(-c3c(F)cccc3F)cc21. The van der Waals surface area contributed by atoms with Crippen LogP contribution < -0.4 is 0 Å². The first-order chi connectivity index (χ1) is 14.5. The van der Waals surface area contributed by atoms with E-state index in [0.29, 0.717) is 0 Å². The van der Waals surface area contributed by atoms with E-state index in [1.54, 1.807) is 18.3 Å². The normalized spacial score (nSPS) is 20.8. The van der Waals surface area contributed by atoms with E-state index in [1.165, 1.54) is 18.2 Å². The maximum absolute atomic E-state index is 14.4. The molecule has 1 aromatic carbocycles. The van der Waals surface area contributed by atoms with Crippen molar-refractivity contribution in [3.05, 3.63) is 76.7 Å². The minimum Gasteiger partial charge on any atom is -0.392 e. The monoisotopic (exact) mass is 409 g/mol. The van der Waals surface area contributed by atoms with Crippen LogP contribution in [0.1, 0.15) is 68.0 Å². The third-order valence-electron chi connectivity index (χ3n) is 6.45. The van der Waals surface area contributed by atoms with Crippen molar-refractivity contribution in [2.24, 2.45) is 0 Å². The van der Waals surface area contributed by atoms with Crippen LogP contribution in [0.5, 0.6) is 0 Å². The van der Waals surface area contributed by atoms with Crippen molar-refractivity contribution >= 4 is 0 Å². The second-order valence-electron chi connectivity index (χ2n) is 7.92. The van der Waals surface area contributed by atoms with E-state index >= 15 is 0 Å². The number of rotatable bonds is 5. The Bertz CT molecular complexity index is 1050. The molecule has 3 aromatic rings. The summed E-state index contributed by atoms with van der Waals surface area (Å²) in [5, 5.41) is 18.4. The summed E-state index contributed by atoms with van der Waals surface area (Å²) in [5.41, 5.74) is 3.09. The van der Waals surface area contributed by atoms with Crippen molar-refractivity contribution in [3.63, 3.8) is 0 Å². The Hall–Kier alpha value is -2.73. The minimum atomic E-state index is -0.646. The molecule has 6 heteroatoms. The number of aliphatic hydroxyl groups excluding tert-OH is 1. The van der Waals surface area contributed by atoms with Crippen molar-refractivity contribution in [2.45, 2.75) is 57.5 Å². The molecule has 1 aliphatic rings. The standard InChI is InChI=1S/C24H25F2N3O/c1-3-16-8-10-24(4-2,21-12-15(14-30)9-11-27-21)23-17(16)13-20(28-29-23)22-18(25)6-5-7-19(22)26/h5-7,9,11-13,16,30H,3-4,8,10,14H2,1-2H3/t16-,24+/m0/s1. The van der Waals surface area contributed by atoms with Crippen molar-refractivity contribution in [3.8, 4) is 11.3 Å². The van der Waals surface area contributed by atoms with E-state index < -0.39 is 17.0 Å². The van der Waals surface area contributed by atoms with Crippen LogP contribution in [0, 0.1) is 11.6 Å². The molecule has 156 valence electrons. The zero-order valence-corrected chi connectivity index (χ0v) is 17.2. The second-order valence-corrected chi connectivity index (χ2v) is 7.92. The first kappa shape index (κ1) is 20.5. The Labute approximate surface area is 175 Å². The molecule has 1 N–H and O–H groups in total. The highest BCUT2D eigenvalue weighted by atomic mass is 19.1. The number of halogens is 2. The summed E-state index contributed by atoms with van der Waals surface area (Å²) in [7, 11) is 0. The number of aromatic nitrogens is 3. The lowest BCUT2D eigenvalue weighted by Crippen LogP contribution is -2.35. The molecule has 0 fully saturated rings. The van der Waals surface area contributed by atoms with Crippen molar-refractivity contribution in [2.75, 3.05) is 0 Å². The Morgan fingerprint density at radius 3 is 2.53 bits per heavy atom. The molecule has 1 aliphatic carbocycles. The first-order valence-electron chi connectivity index (χ1n) is 10.4. The quantitative estimate of drug-likeness (QED) is 0.622. The molecule has 0 saturated carbocycles. The molecule has 2 atom stereocenters. The van der Waals surface area contributed by atoms with Crippen LogP contribution in [0.25, 0.3) is 11.3 Å². The summed E-state index contributed by atoms with van der Waals surface area (Å²) >= 11 is 0. The largest absolute Gasteiger partial charge is 0.392 e. The number of hydrogen-bond acceptors (Lipinski definition) is 4. The molecule has 30 heavy (non-hydrogen) atoms. The maximum atomic E-state index is 14.4. The average Bonchev–Trinajstić information content (AvgIpc) is 2.78. The van der Waals surface area contributed by atoms with Gasteiger partial charge in [-0.3, -0.25) is 4.98 Å². The van der Waals surface area contributed by atoms with Gasteiger partial charge in [-0.2, -0.15) is 5.10 Å². The van der Waals surface area contributed by atoms with Gasteiger partial charge in [-0.15, -0.1) is 5.10 Å². The average molecular weight is 409 g/mol. The highest BCUT2D eigenvalue weighted by Gasteiger charge is 2.43. The van der Waals surface area contributed by atoms with Gasteiger partial charge in [0.1, 0.15) is 11.6 Å². The number of aliphatic hydroxyl groups is 1. The Balaban J connectivity index is 1.91. The molecular weight excluding hydrogens is 384 g/mol. The Morgan fingerprint density at radius 2 is 1.87 bits per heavy atom. The number of fused-ring (bicyclic) bond motifs is 1. The number of nitrogens with zero attached hydrogens (tertiary/aromatic N) is 3. The number of benzene rings is 1. The number of hydrogen-bond donors (Lipinski definition) is 1. The molecule has 0 spiro atoms. The molecular formula is C24H25F2N3O. The minimum absolute atomic E-state index is 0.0586. The van der Waals surface area contributed by atoms with Crippen LogP contribution in [0.4, 0.5) is 8.78 Å². The lowest BCUT2D eigenvalue weighted by Gasteiger charge is -2.40. The van der Waals surface area contributed by atoms with Crippen LogP contribution in [-0.4, -0.2) is 20.3 Å². The van der Waals surface area contributed by atoms with E-state index in [9.17, 15) is 13.9 Å². The van der Waals surface area contributed by atoms with E-state index in [-0.39, 0.29) is 23.8 Å². The molecule has 0 amide bonds. The van der Waals surface area contributed by atoms with Crippen LogP contribution in [0.2, 0.25) is 0 Å². The van der Waals surface area contributed by atoms with Gasteiger partial charge in [-0.05, 0) is 73.1 Å². The topological polar surface area (TPSA) is 58.9 Å². The van der Waals surface area contributed by atoms with E-state index in [4.69, 9.17) is 0 Å². The lowest BCUT2D eigenvalue weighted by atomic mass is 9.65. The van der Waals surface area contributed by atoms with Crippen LogP contribution in [-0.2, 0) is 12.0 Å². The zero-order chi connectivity index (χ0) is 21.3. The molecule has 0 unspecified atom stereocenters. The van der Waals surface area contributed by atoms with Crippen LogP contribution in [0.15, 0.2) is 42.6 Å². The predicted octanol–water partition coefficient (Wildman–Crippen LogP) is 5.29. The third-order valence-corrected chi connectivity index (χ3v) is 6.45. The highest BCUT2D eigenvalue weighted by molar-refractivity contribution is 5.62. The Kier molecular flexibility index (Phi) is 5.60. The summed E-state index contributed by atoms with van der Waals surface area (Å²) in [5.74, 6) is -1.05. The van der Waals surface area contributed by atoms with Gasteiger partial charge in [0.15, 0.2) is 0 Å². The van der Waals surface area contributed by atoms with Gasteiger partial charge in [-0.25, -0.2) is 8.78 Å². The molecule has 4 rings (SSSR count). The van der Waals surface area contributed by atoms with Crippen molar-refractivity contribution in [1.82, 2.24) is 15.2 Å². The fourth-order valence-electron chi connectivity index (χ4n) is 4.68. The van der Waals surface area contributed by atoms with E-state index in [0.717, 1.165) is 48.2 Å². The molecule has 0 radical (unpaired) electrons. The van der Waals surface area contributed by atoms with Gasteiger partial charge in [0.25, 0.3) is 0 Å². The second kappa shape index (κ2) is 8.19. The van der Waals surface area contributed by atoms with Crippen molar-refractivity contribution < 1.29 is 13.9 Å². The van der Waals surface area contributed by atoms with Gasteiger partial charge >= 0.3 is 0 Å². The highest BCUT2D eigenvalue weighted by Crippen LogP contribution is 2.48. The Morgan fingerprint density at radius 1 is 1.10 bits per heavy atom. The molecule has 0 aliphatic heterocycles. The fraction of sp³-hybridized carbons (Fsp3) is 0.375. The zero-order valence-electron chi connectivity index (χ0n) is 17.2. The molecule has 2 aromatic heterocycles. The van der Waals surface area contributed by atoms with E-state index in [1.807, 2.05) is 6.07 Å². The van der Waals surface area contributed by atoms with Gasteiger partial charge in [0.2, 0.25) is 0 Å². The summed E-state index contributed by atoms with van der Waals surface area (Å²) in [6, 6.07) is 9.33. The summed E-state index contributed by atoms with van der Waals surface area (Å²) in [6.45, 7) is 4.15. The van der Waals surface area contributed by atoms with E-state index in [2.05, 4.69) is 29.0 Å². The maximum Gasteiger partial charge on any atom is 0.135 e. The fourth-order valence-corrected chi connectivity index (χ4v) is 4.68. The predicted molar refractivity (Wildman–Crippen MR) is 111 cm³/mol. The molecule has 0 bridgehead atoms. The third kappa shape index (κ3) is 3.29. The van der Waals surface area contributed by atoms with Crippen molar-refractivity contribution in [1.29, 1.82) is 0 Å². The smallest absolute Gasteiger partial charge is 0.135 e. The summed E-state index contributed by atoms with van der Waals surface area (Å²) < 4.78 is 28.7. The number of pyridine rings is 1. The molecule has 0 saturated heterocycles. The molecule has 4 nitrogen and oxygen atoms in total. The van der Waals surface area contributed by atoms with Crippen LogP contribution >= 0.6 is 0 Å². The summed E-state index contributed by atoms with van der Waals surface area (Å²) in [6.07, 6.45) is 5.16. The lowest BCUT2D eigenvalue weighted by molar-refractivity contribution is 0.280. The summed E-state index contributed by atoms with van der Waals surface area (Å²) in [4.78, 5) is 4.61. The molecule has 2 heterocycles.